The number of aliphatic hydroxyl groups excluding tert-OH is 2. The zero-order chi connectivity index (χ0) is 23.7. The maximum atomic E-state index is 9.85. The molecule has 7 rings (SSSR count). The number of hydrogen-bond acceptors (Lipinski definition) is 6. The summed E-state index contributed by atoms with van der Waals surface area (Å²) in [6, 6.07) is 5.15. The molecular weight excluding hydrogens is 428 g/mol. The van der Waals surface area contributed by atoms with Crippen LogP contribution >= 0.6 is 0 Å². The number of nitrogens with zero attached hydrogens (tertiary/aromatic N) is 2. The molecule has 6 heteroatoms. The Bertz CT molecular complexity index is 925. The summed E-state index contributed by atoms with van der Waals surface area (Å²) in [5, 5.41) is 19.6. The monoisotopic (exact) mass is 468 g/mol. The van der Waals surface area contributed by atoms with Crippen LogP contribution in [0.15, 0.2) is 12.1 Å². The van der Waals surface area contributed by atoms with Crippen LogP contribution in [-0.4, -0.2) is 85.7 Å². The van der Waals surface area contributed by atoms with E-state index < -0.39 is 0 Å². The van der Waals surface area contributed by atoms with Crippen molar-refractivity contribution >= 4 is 0 Å². The van der Waals surface area contributed by atoms with Crippen LogP contribution in [0.5, 0.6) is 0 Å². The topological polar surface area (TPSA) is 65.4 Å². The van der Waals surface area contributed by atoms with Gasteiger partial charge in [0.15, 0.2) is 0 Å². The van der Waals surface area contributed by atoms with E-state index in [1.165, 1.54) is 24.0 Å². The van der Waals surface area contributed by atoms with E-state index >= 15 is 0 Å². The highest BCUT2D eigenvalue weighted by Gasteiger charge is 2.42. The molecule has 0 saturated carbocycles. The van der Waals surface area contributed by atoms with Crippen molar-refractivity contribution in [3.8, 4) is 11.8 Å². The Morgan fingerprint density at radius 2 is 1.59 bits per heavy atom. The molecule has 6 heterocycles. The van der Waals surface area contributed by atoms with Crippen molar-refractivity contribution < 1.29 is 19.7 Å². The summed E-state index contributed by atoms with van der Waals surface area (Å²) in [6.07, 6.45) is 4.49. The van der Waals surface area contributed by atoms with Gasteiger partial charge in [0.2, 0.25) is 0 Å². The van der Waals surface area contributed by atoms with Gasteiger partial charge in [-0.2, -0.15) is 0 Å². The number of fused-ring (bicyclic) bond motifs is 6. The fraction of sp³-hybridized carbons (Fsp3) is 0.714. The quantitative estimate of drug-likeness (QED) is 0.599. The van der Waals surface area contributed by atoms with Crippen molar-refractivity contribution in [3.05, 3.63) is 34.4 Å². The SMILES string of the molecule is COCc1cc(COC)c(C#C[C@H]2CN3CC[C@H]2C[C@H]3CO)c([C@H]2CN3CC[C@H]2C[C@H]3CO)c1. The normalized spacial score (nSPS) is 36.4. The highest BCUT2D eigenvalue weighted by atomic mass is 16.5. The maximum absolute atomic E-state index is 9.85. The van der Waals surface area contributed by atoms with Gasteiger partial charge in [-0.15, -0.1) is 0 Å². The van der Waals surface area contributed by atoms with Crippen LogP contribution in [0.25, 0.3) is 0 Å². The summed E-state index contributed by atoms with van der Waals surface area (Å²) in [4.78, 5) is 4.91. The number of aliphatic hydroxyl groups is 2. The summed E-state index contributed by atoms with van der Waals surface area (Å²) in [7, 11) is 3.50. The lowest BCUT2D eigenvalue weighted by Crippen LogP contribution is -2.54. The van der Waals surface area contributed by atoms with E-state index in [0.29, 0.717) is 49.0 Å². The summed E-state index contributed by atoms with van der Waals surface area (Å²) in [5.74, 6) is 9.33. The average molecular weight is 469 g/mol. The first-order valence-corrected chi connectivity index (χ1v) is 13.0. The predicted octanol–water partition coefficient (Wildman–Crippen LogP) is 2.20. The third-order valence-electron chi connectivity index (χ3n) is 8.88. The summed E-state index contributed by atoms with van der Waals surface area (Å²) in [6.45, 7) is 5.77. The van der Waals surface area contributed by atoms with E-state index in [-0.39, 0.29) is 13.2 Å². The third kappa shape index (κ3) is 4.67. The molecule has 8 atom stereocenters. The molecule has 1 aromatic carbocycles. The van der Waals surface area contributed by atoms with Gasteiger partial charge < -0.3 is 19.7 Å². The van der Waals surface area contributed by atoms with Gasteiger partial charge in [0, 0.05) is 56.8 Å². The molecule has 0 aromatic heterocycles. The lowest BCUT2D eigenvalue weighted by molar-refractivity contribution is -0.00371. The second-order valence-electron chi connectivity index (χ2n) is 10.8. The fourth-order valence-electron chi connectivity index (χ4n) is 7.10. The third-order valence-corrected chi connectivity index (χ3v) is 8.88. The van der Waals surface area contributed by atoms with Crippen molar-refractivity contribution in [2.45, 2.75) is 56.9 Å². The van der Waals surface area contributed by atoms with Crippen LogP contribution in [-0.2, 0) is 22.7 Å². The summed E-state index contributed by atoms with van der Waals surface area (Å²) < 4.78 is 11.1. The number of methoxy groups -OCH3 is 2. The highest BCUT2D eigenvalue weighted by Crippen LogP contribution is 2.44. The van der Waals surface area contributed by atoms with Crippen LogP contribution in [0.1, 0.15) is 53.9 Å². The van der Waals surface area contributed by atoms with Gasteiger partial charge in [0.05, 0.1) is 26.4 Å². The van der Waals surface area contributed by atoms with Crippen LogP contribution in [0.2, 0.25) is 0 Å². The molecule has 6 aliphatic heterocycles. The van der Waals surface area contributed by atoms with Gasteiger partial charge in [-0.1, -0.05) is 17.9 Å². The predicted molar refractivity (Wildman–Crippen MR) is 131 cm³/mol. The number of hydrogen-bond donors (Lipinski definition) is 2. The molecule has 6 fully saturated rings. The zero-order valence-corrected chi connectivity index (χ0v) is 20.7. The number of piperidine rings is 6. The molecule has 6 aliphatic rings. The summed E-state index contributed by atoms with van der Waals surface area (Å²) in [5.41, 5.74) is 4.83. The van der Waals surface area contributed by atoms with E-state index in [1.54, 1.807) is 14.2 Å². The van der Waals surface area contributed by atoms with Crippen molar-refractivity contribution in [2.75, 3.05) is 53.6 Å². The molecule has 0 aliphatic carbocycles. The van der Waals surface area contributed by atoms with E-state index in [0.717, 1.165) is 50.1 Å². The lowest BCUT2D eigenvalue weighted by atomic mass is 9.71. The maximum Gasteiger partial charge on any atom is 0.0725 e. The Hall–Kier alpha value is -1.46. The van der Waals surface area contributed by atoms with Gasteiger partial charge >= 0.3 is 0 Å². The van der Waals surface area contributed by atoms with Crippen LogP contribution in [0.4, 0.5) is 0 Å². The van der Waals surface area contributed by atoms with Crippen molar-refractivity contribution in [2.24, 2.45) is 17.8 Å². The van der Waals surface area contributed by atoms with Crippen LogP contribution in [0.3, 0.4) is 0 Å². The lowest BCUT2D eigenvalue weighted by Gasteiger charge is -2.50. The molecule has 1 aromatic rings. The Morgan fingerprint density at radius 3 is 2.18 bits per heavy atom. The Kier molecular flexibility index (Phi) is 7.60. The smallest absolute Gasteiger partial charge is 0.0725 e. The molecule has 6 saturated heterocycles. The molecule has 6 nitrogen and oxygen atoms in total. The Balaban J connectivity index is 1.50. The second-order valence-corrected chi connectivity index (χ2v) is 10.8. The van der Waals surface area contributed by atoms with Gasteiger partial charge in [0.25, 0.3) is 0 Å². The van der Waals surface area contributed by atoms with Gasteiger partial charge in [0.1, 0.15) is 0 Å². The Morgan fingerprint density at radius 1 is 0.912 bits per heavy atom. The van der Waals surface area contributed by atoms with Crippen molar-refractivity contribution in [1.82, 2.24) is 9.80 Å². The van der Waals surface area contributed by atoms with Crippen LogP contribution < -0.4 is 0 Å². The molecule has 0 amide bonds. The molecular formula is C28H40N2O4. The van der Waals surface area contributed by atoms with Crippen LogP contribution in [0, 0.1) is 29.6 Å². The minimum Gasteiger partial charge on any atom is -0.395 e. The molecule has 0 radical (unpaired) electrons. The first kappa shape index (κ1) is 24.2. The molecule has 2 unspecified atom stereocenters. The summed E-state index contributed by atoms with van der Waals surface area (Å²) >= 11 is 0. The molecule has 34 heavy (non-hydrogen) atoms. The average Bonchev–Trinajstić information content (AvgIpc) is 2.88. The minimum atomic E-state index is 0.253. The van der Waals surface area contributed by atoms with Crippen molar-refractivity contribution in [3.63, 3.8) is 0 Å². The first-order valence-electron chi connectivity index (χ1n) is 13.0. The van der Waals surface area contributed by atoms with E-state index in [1.807, 2.05) is 0 Å². The Labute approximate surface area is 204 Å². The number of ether oxygens (including phenoxy) is 2. The second kappa shape index (κ2) is 10.7. The van der Waals surface area contributed by atoms with E-state index in [4.69, 9.17) is 9.47 Å². The van der Waals surface area contributed by atoms with Gasteiger partial charge in [-0.25, -0.2) is 0 Å². The minimum absolute atomic E-state index is 0.253. The molecule has 2 N–H and O–H groups in total. The molecule has 4 bridgehead atoms. The van der Waals surface area contributed by atoms with Gasteiger partial charge in [-0.3, -0.25) is 9.80 Å². The standard InChI is InChI=1S/C28H40N2O4/c1-33-17-19-9-23(18-34-2)26(4-3-22-13-29-7-5-20(22)11-24(29)15-31)27(10-19)28-14-30-8-6-21(28)12-25(30)16-32/h9-10,20-22,24-25,28,31-32H,5-8,11-18H2,1-2H3/t20-,21-,22-,24-,25-,28-/m0/s1. The number of rotatable bonds is 7. The van der Waals surface area contributed by atoms with Gasteiger partial charge in [-0.05, 0) is 73.4 Å². The van der Waals surface area contributed by atoms with Crippen molar-refractivity contribution in [1.29, 1.82) is 0 Å². The first-order chi connectivity index (χ1) is 16.6. The molecule has 0 spiro atoms. The zero-order valence-electron chi connectivity index (χ0n) is 20.7. The highest BCUT2D eigenvalue weighted by molar-refractivity contribution is 5.52. The largest absolute Gasteiger partial charge is 0.395 e. The number of benzene rings is 1. The molecule has 186 valence electrons. The van der Waals surface area contributed by atoms with E-state index in [2.05, 4.69) is 33.8 Å². The fourth-order valence-corrected chi connectivity index (χ4v) is 7.10. The van der Waals surface area contributed by atoms with E-state index in [9.17, 15) is 10.2 Å².